The summed E-state index contributed by atoms with van der Waals surface area (Å²) in [5.74, 6) is -0.859. The zero-order valence-corrected chi connectivity index (χ0v) is 13.1. The van der Waals surface area contributed by atoms with E-state index in [1.165, 1.54) is 18.3 Å². The van der Waals surface area contributed by atoms with Crippen LogP contribution in [0.2, 0.25) is 0 Å². The van der Waals surface area contributed by atoms with E-state index >= 15 is 0 Å². The molecule has 0 fully saturated rings. The van der Waals surface area contributed by atoms with Crippen LogP contribution in [0.25, 0.3) is 0 Å². The van der Waals surface area contributed by atoms with Crippen LogP contribution < -0.4 is 4.72 Å². The third-order valence-corrected chi connectivity index (χ3v) is 4.36. The fraction of sp³-hybridized carbons (Fsp3) is 0. The number of sulfonamides is 1. The predicted octanol–water partition coefficient (Wildman–Crippen LogP) is 2.94. The van der Waals surface area contributed by atoms with E-state index in [0.29, 0.717) is 4.60 Å². The van der Waals surface area contributed by atoms with Gasteiger partial charge in [0.25, 0.3) is 10.0 Å². The van der Waals surface area contributed by atoms with E-state index < -0.39 is 20.7 Å². The van der Waals surface area contributed by atoms with Gasteiger partial charge in [-0.15, -0.1) is 0 Å². The predicted molar refractivity (Wildman–Crippen MR) is 74.6 cm³/mol. The van der Waals surface area contributed by atoms with Crippen molar-refractivity contribution >= 4 is 47.7 Å². The molecule has 0 unspecified atom stereocenters. The second-order valence-corrected chi connectivity index (χ2v) is 6.58. The van der Waals surface area contributed by atoms with Crippen molar-refractivity contribution in [1.82, 2.24) is 9.97 Å². The second-order valence-electron chi connectivity index (χ2n) is 3.37. The van der Waals surface area contributed by atoms with Crippen molar-refractivity contribution in [1.29, 1.82) is 0 Å². The number of nitrogens with zero attached hydrogens (tertiary/aromatic N) is 2. The van der Waals surface area contributed by atoms with E-state index in [1.54, 1.807) is 0 Å². The van der Waals surface area contributed by atoms with Gasteiger partial charge in [-0.1, -0.05) is 12.1 Å². The summed E-state index contributed by atoms with van der Waals surface area (Å²) in [6.45, 7) is 0. The number of anilines is 1. The molecule has 1 N–H and O–H groups in total. The zero-order chi connectivity index (χ0) is 14.0. The number of aromatic nitrogens is 2. The van der Waals surface area contributed by atoms with E-state index in [4.69, 9.17) is 0 Å². The summed E-state index contributed by atoms with van der Waals surface area (Å²) in [5, 5.41) is 0. The molecule has 1 aromatic heterocycles. The highest BCUT2D eigenvalue weighted by atomic mass is 79.9. The van der Waals surface area contributed by atoms with Gasteiger partial charge in [-0.2, -0.15) is 0 Å². The Morgan fingerprint density at radius 2 is 1.89 bits per heavy atom. The second kappa shape index (κ2) is 5.51. The minimum Gasteiger partial charge on any atom is -0.261 e. The molecule has 19 heavy (non-hydrogen) atoms. The van der Waals surface area contributed by atoms with Gasteiger partial charge < -0.3 is 0 Å². The molecule has 1 heterocycles. The van der Waals surface area contributed by atoms with E-state index in [-0.39, 0.29) is 10.4 Å². The van der Waals surface area contributed by atoms with Crippen LogP contribution in [0.1, 0.15) is 0 Å². The molecule has 0 aliphatic carbocycles. The first-order valence-corrected chi connectivity index (χ1v) is 7.92. The van der Waals surface area contributed by atoms with Crippen molar-refractivity contribution in [2.75, 3.05) is 4.72 Å². The van der Waals surface area contributed by atoms with Crippen LogP contribution in [0.4, 0.5) is 10.2 Å². The van der Waals surface area contributed by atoms with E-state index in [0.717, 1.165) is 12.1 Å². The van der Waals surface area contributed by atoms with Crippen LogP contribution in [0.5, 0.6) is 0 Å². The molecule has 0 bridgehead atoms. The van der Waals surface area contributed by atoms with Gasteiger partial charge in [0, 0.05) is 0 Å². The Hall–Kier alpha value is -1.06. The maximum Gasteiger partial charge on any atom is 0.266 e. The Balaban J connectivity index is 2.40. The highest BCUT2D eigenvalue weighted by Gasteiger charge is 2.20. The average molecular weight is 411 g/mol. The molecule has 0 saturated heterocycles. The number of rotatable bonds is 3. The summed E-state index contributed by atoms with van der Waals surface area (Å²) < 4.78 is 40.3. The highest BCUT2D eigenvalue weighted by Crippen LogP contribution is 2.23. The van der Waals surface area contributed by atoms with Gasteiger partial charge >= 0.3 is 0 Å². The minimum absolute atomic E-state index is 0.0218. The first kappa shape index (κ1) is 14.4. The van der Waals surface area contributed by atoms with Gasteiger partial charge in [-0.3, -0.25) is 4.72 Å². The molecule has 2 rings (SSSR count). The summed E-state index contributed by atoms with van der Waals surface area (Å²) in [7, 11) is -4.05. The Bertz CT molecular complexity index is 724. The molecule has 0 aliphatic heterocycles. The number of benzene rings is 1. The van der Waals surface area contributed by atoms with Gasteiger partial charge in [0.15, 0.2) is 10.4 Å². The number of halogens is 3. The van der Waals surface area contributed by atoms with Gasteiger partial charge in [-0.25, -0.2) is 22.8 Å². The van der Waals surface area contributed by atoms with Crippen LogP contribution in [-0.4, -0.2) is 18.4 Å². The van der Waals surface area contributed by atoms with Crippen molar-refractivity contribution in [3.63, 3.8) is 0 Å². The topological polar surface area (TPSA) is 72.0 Å². The van der Waals surface area contributed by atoms with Crippen molar-refractivity contribution in [3.8, 4) is 0 Å². The Kier molecular flexibility index (Phi) is 4.16. The fourth-order valence-electron chi connectivity index (χ4n) is 1.26. The molecule has 2 aromatic rings. The van der Waals surface area contributed by atoms with Gasteiger partial charge in [0.05, 0.1) is 6.20 Å². The summed E-state index contributed by atoms with van der Waals surface area (Å²) in [4.78, 5) is 7.32. The lowest BCUT2D eigenvalue weighted by molar-refractivity contribution is 0.570. The smallest absolute Gasteiger partial charge is 0.261 e. The standard InChI is InChI=1S/C10H6Br2FN3O2S/c11-8-5-14-10(9(12)15-8)16-19(17,18)7-4-2-1-3-6(7)13/h1-5H,(H,14,16). The highest BCUT2D eigenvalue weighted by molar-refractivity contribution is 9.11. The molecular formula is C10H6Br2FN3O2S. The normalized spacial score (nSPS) is 11.3. The quantitative estimate of drug-likeness (QED) is 0.844. The monoisotopic (exact) mass is 409 g/mol. The summed E-state index contributed by atoms with van der Waals surface area (Å²) in [5.41, 5.74) is 0. The minimum atomic E-state index is -4.05. The molecule has 0 spiro atoms. The first-order chi connectivity index (χ1) is 8.90. The van der Waals surface area contributed by atoms with Crippen LogP contribution in [0.3, 0.4) is 0 Å². The number of hydrogen-bond donors (Lipinski definition) is 1. The lowest BCUT2D eigenvalue weighted by Gasteiger charge is -2.08. The molecule has 100 valence electrons. The fourth-order valence-corrected chi connectivity index (χ4v) is 3.40. The van der Waals surface area contributed by atoms with Crippen LogP contribution in [-0.2, 0) is 10.0 Å². The molecule has 0 saturated carbocycles. The molecule has 0 radical (unpaired) electrons. The van der Waals surface area contributed by atoms with Gasteiger partial charge in [0.2, 0.25) is 0 Å². The summed E-state index contributed by atoms with van der Waals surface area (Å²) in [6.07, 6.45) is 1.32. The molecule has 9 heteroatoms. The molecule has 1 aromatic carbocycles. The van der Waals surface area contributed by atoms with Crippen molar-refractivity contribution in [3.05, 3.63) is 45.5 Å². The Morgan fingerprint density at radius 3 is 2.53 bits per heavy atom. The third kappa shape index (κ3) is 3.28. The molecular weight excluding hydrogens is 405 g/mol. The number of hydrogen-bond acceptors (Lipinski definition) is 4. The molecule has 0 aliphatic rings. The van der Waals surface area contributed by atoms with E-state index in [9.17, 15) is 12.8 Å². The van der Waals surface area contributed by atoms with Crippen molar-refractivity contribution in [2.45, 2.75) is 4.90 Å². The zero-order valence-electron chi connectivity index (χ0n) is 9.14. The lowest BCUT2D eigenvalue weighted by atomic mass is 10.4. The van der Waals surface area contributed by atoms with Gasteiger partial charge in [-0.05, 0) is 44.0 Å². The van der Waals surface area contributed by atoms with Crippen molar-refractivity contribution in [2.24, 2.45) is 0 Å². The Labute approximate surface area is 125 Å². The molecule has 0 amide bonds. The Morgan fingerprint density at radius 1 is 1.21 bits per heavy atom. The first-order valence-electron chi connectivity index (χ1n) is 4.85. The van der Waals surface area contributed by atoms with Crippen LogP contribution in [0, 0.1) is 5.82 Å². The average Bonchev–Trinajstić information content (AvgIpc) is 2.33. The third-order valence-electron chi connectivity index (χ3n) is 2.06. The van der Waals surface area contributed by atoms with Crippen LogP contribution >= 0.6 is 31.9 Å². The molecule has 0 atom stereocenters. The maximum atomic E-state index is 13.5. The summed E-state index contributed by atoms with van der Waals surface area (Å²) in [6, 6.07) is 5.07. The summed E-state index contributed by atoms with van der Waals surface area (Å²) >= 11 is 6.16. The van der Waals surface area contributed by atoms with E-state index in [2.05, 4.69) is 46.5 Å². The number of nitrogens with one attached hydrogen (secondary N) is 1. The van der Waals surface area contributed by atoms with Crippen molar-refractivity contribution < 1.29 is 12.8 Å². The molecule has 5 nitrogen and oxygen atoms in total. The largest absolute Gasteiger partial charge is 0.266 e. The van der Waals surface area contributed by atoms with Gasteiger partial charge in [0.1, 0.15) is 15.3 Å². The van der Waals surface area contributed by atoms with Crippen LogP contribution in [0.15, 0.2) is 44.6 Å². The maximum absolute atomic E-state index is 13.5. The SMILES string of the molecule is O=S(=O)(Nc1ncc(Br)nc1Br)c1ccccc1F. The lowest BCUT2D eigenvalue weighted by Crippen LogP contribution is -2.16. The van der Waals surface area contributed by atoms with E-state index in [1.807, 2.05) is 0 Å².